The molecule has 2 saturated heterocycles. The van der Waals surface area contributed by atoms with E-state index in [9.17, 15) is 14.7 Å². The lowest BCUT2D eigenvalue weighted by atomic mass is 9.77. The first-order chi connectivity index (χ1) is 8.59. The Hall–Kier alpha value is -1.36. The fraction of sp³-hybridized carbons (Fsp3) is 0.692. The average Bonchev–Trinajstić information content (AvgIpc) is 2.95. The molecule has 1 N–H and O–H groups in total. The Morgan fingerprint density at radius 3 is 3.11 bits per heavy atom. The maximum atomic E-state index is 12.3. The number of rotatable bonds is 4. The standard InChI is InChI=1S/C13H17NO4/c1-2-3-6-14-7-13-5-4-8(18-13)9(12(16)17)10(13)11(14)15/h4-5,8-10H,2-3,6-7H2,1H3,(H,16,17)/t8-,9+,10-,13+/m0/s1. The lowest BCUT2D eigenvalue weighted by Crippen LogP contribution is -2.39. The van der Waals surface area contributed by atoms with Crippen LogP contribution in [0.3, 0.4) is 0 Å². The molecular formula is C13H17NO4. The van der Waals surface area contributed by atoms with E-state index in [-0.39, 0.29) is 5.91 Å². The Labute approximate surface area is 105 Å². The number of hydrogen-bond acceptors (Lipinski definition) is 3. The average molecular weight is 251 g/mol. The number of ether oxygens (including phenoxy) is 1. The van der Waals surface area contributed by atoms with E-state index in [2.05, 4.69) is 6.92 Å². The Balaban J connectivity index is 1.87. The Bertz CT molecular complexity index is 433. The summed E-state index contributed by atoms with van der Waals surface area (Å²) < 4.78 is 5.78. The predicted molar refractivity (Wildman–Crippen MR) is 62.8 cm³/mol. The van der Waals surface area contributed by atoms with Crippen LogP contribution in [0.5, 0.6) is 0 Å². The summed E-state index contributed by atoms with van der Waals surface area (Å²) >= 11 is 0. The second kappa shape index (κ2) is 3.82. The van der Waals surface area contributed by atoms with Gasteiger partial charge in [-0.1, -0.05) is 25.5 Å². The quantitative estimate of drug-likeness (QED) is 0.745. The lowest BCUT2D eigenvalue weighted by molar-refractivity contribution is -0.148. The SMILES string of the molecule is CCCCN1C[C@@]23C=C[C@H](O2)[C@@H](C(=O)O)[C@H]3C1=O. The lowest BCUT2D eigenvalue weighted by Gasteiger charge is -2.21. The molecule has 5 nitrogen and oxygen atoms in total. The van der Waals surface area contributed by atoms with Crippen LogP contribution in [0.4, 0.5) is 0 Å². The number of carbonyl (C=O) groups is 2. The van der Waals surface area contributed by atoms with Crippen molar-refractivity contribution in [2.24, 2.45) is 11.8 Å². The monoisotopic (exact) mass is 251 g/mol. The summed E-state index contributed by atoms with van der Waals surface area (Å²) in [6, 6.07) is 0. The van der Waals surface area contributed by atoms with Crippen molar-refractivity contribution < 1.29 is 19.4 Å². The third kappa shape index (κ3) is 1.37. The van der Waals surface area contributed by atoms with Gasteiger partial charge in [0.25, 0.3) is 0 Å². The fourth-order valence-electron chi connectivity index (χ4n) is 3.40. The van der Waals surface area contributed by atoms with E-state index in [1.165, 1.54) is 0 Å². The van der Waals surface area contributed by atoms with E-state index in [0.717, 1.165) is 12.8 Å². The van der Waals surface area contributed by atoms with Crippen molar-refractivity contribution in [3.05, 3.63) is 12.2 Å². The zero-order valence-corrected chi connectivity index (χ0v) is 10.3. The molecule has 0 aromatic heterocycles. The number of carbonyl (C=O) groups excluding carboxylic acids is 1. The first kappa shape index (κ1) is 11.7. The van der Waals surface area contributed by atoms with Crippen LogP contribution in [-0.4, -0.2) is 46.7 Å². The molecule has 18 heavy (non-hydrogen) atoms. The zero-order valence-electron chi connectivity index (χ0n) is 10.3. The molecule has 3 aliphatic rings. The van der Waals surface area contributed by atoms with Crippen LogP contribution < -0.4 is 0 Å². The third-order valence-electron chi connectivity index (χ3n) is 4.25. The molecule has 2 bridgehead atoms. The molecule has 0 aromatic rings. The van der Waals surface area contributed by atoms with Gasteiger partial charge < -0.3 is 14.7 Å². The van der Waals surface area contributed by atoms with Crippen LogP contribution >= 0.6 is 0 Å². The number of likely N-dealkylation sites (tertiary alicyclic amines) is 1. The smallest absolute Gasteiger partial charge is 0.310 e. The Morgan fingerprint density at radius 1 is 1.67 bits per heavy atom. The minimum Gasteiger partial charge on any atom is -0.481 e. The van der Waals surface area contributed by atoms with Crippen molar-refractivity contribution in [3.8, 4) is 0 Å². The van der Waals surface area contributed by atoms with E-state index in [0.29, 0.717) is 13.1 Å². The zero-order chi connectivity index (χ0) is 12.9. The van der Waals surface area contributed by atoms with Crippen LogP contribution in [0.1, 0.15) is 19.8 Å². The van der Waals surface area contributed by atoms with Gasteiger partial charge in [0, 0.05) is 6.54 Å². The summed E-state index contributed by atoms with van der Waals surface area (Å²) in [7, 11) is 0. The molecule has 0 aromatic carbocycles. The second-order valence-corrected chi connectivity index (χ2v) is 5.35. The van der Waals surface area contributed by atoms with Crippen LogP contribution in [0.2, 0.25) is 0 Å². The molecule has 4 atom stereocenters. The van der Waals surface area contributed by atoms with Crippen molar-refractivity contribution in [2.45, 2.75) is 31.5 Å². The van der Waals surface area contributed by atoms with E-state index in [4.69, 9.17) is 4.74 Å². The summed E-state index contributed by atoms with van der Waals surface area (Å²) in [6.45, 7) is 3.27. The number of aliphatic carboxylic acids is 1. The number of nitrogens with zero attached hydrogens (tertiary/aromatic N) is 1. The highest BCUT2D eigenvalue weighted by atomic mass is 16.5. The number of unbranched alkanes of at least 4 members (excludes halogenated alkanes) is 1. The summed E-state index contributed by atoms with van der Waals surface area (Å²) in [5.41, 5.74) is -0.668. The number of hydrogen-bond donors (Lipinski definition) is 1. The van der Waals surface area contributed by atoms with Crippen molar-refractivity contribution in [3.63, 3.8) is 0 Å². The van der Waals surface area contributed by atoms with Crippen molar-refractivity contribution in [1.29, 1.82) is 0 Å². The second-order valence-electron chi connectivity index (χ2n) is 5.35. The summed E-state index contributed by atoms with van der Waals surface area (Å²) in [5, 5.41) is 9.27. The van der Waals surface area contributed by atoms with Gasteiger partial charge in [-0.2, -0.15) is 0 Å². The van der Waals surface area contributed by atoms with E-state index >= 15 is 0 Å². The highest BCUT2D eigenvalue weighted by Crippen LogP contribution is 2.51. The molecule has 0 unspecified atom stereocenters. The van der Waals surface area contributed by atoms with Crippen molar-refractivity contribution in [2.75, 3.05) is 13.1 Å². The van der Waals surface area contributed by atoms with Crippen LogP contribution in [0.25, 0.3) is 0 Å². The molecule has 1 amide bonds. The molecule has 98 valence electrons. The van der Waals surface area contributed by atoms with Gasteiger partial charge >= 0.3 is 5.97 Å². The van der Waals surface area contributed by atoms with Crippen molar-refractivity contribution >= 4 is 11.9 Å². The van der Waals surface area contributed by atoms with Gasteiger partial charge in [0.1, 0.15) is 11.5 Å². The van der Waals surface area contributed by atoms with Gasteiger partial charge in [-0.3, -0.25) is 9.59 Å². The molecule has 2 fully saturated rings. The number of carboxylic acid groups (broad SMARTS) is 1. The van der Waals surface area contributed by atoms with Gasteiger partial charge in [-0.15, -0.1) is 0 Å². The molecular weight excluding hydrogens is 234 g/mol. The molecule has 3 aliphatic heterocycles. The molecule has 1 spiro atoms. The molecule has 5 heteroatoms. The van der Waals surface area contributed by atoms with Gasteiger partial charge in [-0.05, 0) is 6.42 Å². The predicted octanol–water partition coefficient (Wildman–Crippen LogP) is 0.653. The molecule has 3 rings (SSSR count). The first-order valence-electron chi connectivity index (χ1n) is 6.48. The molecule has 0 aliphatic carbocycles. The van der Waals surface area contributed by atoms with Crippen LogP contribution in [0.15, 0.2) is 12.2 Å². The Kier molecular flexibility index (Phi) is 2.48. The van der Waals surface area contributed by atoms with Gasteiger partial charge in [0.15, 0.2) is 0 Å². The summed E-state index contributed by atoms with van der Waals surface area (Å²) in [5.74, 6) is -2.22. The topological polar surface area (TPSA) is 66.8 Å². The van der Waals surface area contributed by atoms with Gasteiger partial charge in [-0.25, -0.2) is 0 Å². The van der Waals surface area contributed by atoms with E-state index in [1.807, 2.05) is 6.08 Å². The fourth-order valence-corrected chi connectivity index (χ4v) is 3.40. The summed E-state index contributed by atoms with van der Waals surface area (Å²) in [4.78, 5) is 25.4. The van der Waals surface area contributed by atoms with Crippen LogP contribution in [0, 0.1) is 11.8 Å². The maximum Gasteiger partial charge on any atom is 0.310 e. The van der Waals surface area contributed by atoms with Gasteiger partial charge in [0.05, 0.1) is 18.6 Å². The molecule has 0 radical (unpaired) electrons. The summed E-state index contributed by atoms with van der Waals surface area (Å²) in [6.07, 6.45) is 5.23. The highest BCUT2D eigenvalue weighted by molar-refractivity contribution is 5.90. The van der Waals surface area contributed by atoms with E-state index in [1.54, 1.807) is 11.0 Å². The largest absolute Gasteiger partial charge is 0.481 e. The minimum absolute atomic E-state index is 0.0531. The number of amides is 1. The molecule has 3 heterocycles. The normalized spacial score (nSPS) is 40.6. The van der Waals surface area contributed by atoms with Crippen LogP contribution in [-0.2, 0) is 14.3 Å². The first-order valence-corrected chi connectivity index (χ1v) is 6.48. The minimum atomic E-state index is -0.929. The van der Waals surface area contributed by atoms with Crippen molar-refractivity contribution in [1.82, 2.24) is 4.90 Å². The number of carboxylic acids is 1. The number of fused-ring (bicyclic) bond motifs is 1. The molecule has 0 saturated carbocycles. The maximum absolute atomic E-state index is 12.3. The van der Waals surface area contributed by atoms with E-state index < -0.39 is 29.5 Å². The third-order valence-corrected chi connectivity index (χ3v) is 4.25. The Morgan fingerprint density at radius 2 is 2.44 bits per heavy atom. The van der Waals surface area contributed by atoms with Gasteiger partial charge in [0.2, 0.25) is 5.91 Å². The highest BCUT2D eigenvalue weighted by Gasteiger charge is 2.66.